The first kappa shape index (κ1) is 18.9. The minimum atomic E-state index is -0.751. The van der Waals surface area contributed by atoms with E-state index in [1.165, 1.54) is 7.11 Å². The molecule has 7 heteroatoms. The summed E-state index contributed by atoms with van der Waals surface area (Å²) in [6, 6.07) is 14.2. The summed E-state index contributed by atoms with van der Waals surface area (Å²) in [7, 11) is 1.32. The Hall–Kier alpha value is -2.90. The Morgan fingerprint density at radius 3 is 2.63 bits per heavy atom. The molecule has 1 fully saturated rings. The highest BCUT2D eigenvalue weighted by Crippen LogP contribution is 2.32. The van der Waals surface area contributed by atoms with Crippen LogP contribution in [0.2, 0.25) is 0 Å². The predicted molar refractivity (Wildman–Crippen MR) is 103 cm³/mol. The van der Waals surface area contributed by atoms with Crippen LogP contribution in [0.25, 0.3) is 0 Å². The first-order valence-corrected chi connectivity index (χ1v) is 8.82. The Balaban J connectivity index is 1.92. The Morgan fingerprint density at radius 1 is 1.26 bits per heavy atom. The normalized spacial score (nSPS) is 17.5. The first-order chi connectivity index (χ1) is 13.0. The third-order valence-electron chi connectivity index (χ3n) is 4.79. The fourth-order valence-electron chi connectivity index (χ4n) is 3.36. The molecule has 1 saturated heterocycles. The average molecular weight is 368 g/mol. The number of hydrogen-bond acceptors (Lipinski definition) is 5. The summed E-state index contributed by atoms with van der Waals surface area (Å²) in [5.74, 6) is -0.459. The Labute approximate surface area is 158 Å². The molecule has 5 N–H and O–H groups in total. The van der Waals surface area contributed by atoms with Gasteiger partial charge in [-0.05, 0) is 35.2 Å². The zero-order chi connectivity index (χ0) is 19.4. The molecule has 0 bridgehead atoms. The number of nitrogens with one attached hydrogen (secondary N) is 1. The van der Waals surface area contributed by atoms with E-state index in [-0.39, 0.29) is 12.1 Å². The van der Waals surface area contributed by atoms with Gasteiger partial charge in [0.05, 0.1) is 13.2 Å². The maximum absolute atomic E-state index is 12.5. The van der Waals surface area contributed by atoms with Crippen molar-refractivity contribution < 1.29 is 14.3 Å². The van der Waals surface area contributed by atoms with Crippen molar-refractivity contribution in [1.29, 1.82) is 0 Å². The van der Waals surface area contributed by atoms with E-state index in [2.05, 4.69) is 5.32 Å². The summed E-state index contributed by atoms with van der Waals surface area (Å²) in [6.45, 7) is 0.923. The number of amides is 2. The Bertz CT molecular complexity index is 822. The number of methoxy groups -OCH3 is 1. The molecule has 1 aliphatic rings. The molecule has 2 unspecified atom stereocenters. The number of anilines is 1. The van der Waals surface area contributed by atoms with Gasteiger partial charge >= 0.3 is 12.0 Å². The van der Waals surface area contributed by atoms with Gasteiger partial charge in [-0.2, -0.15) is 0 Å². The van der Waals surface area contributed by atoms with Gasteiger partial charge in [0.15, 0.2) is 0 Å². The zero-order valence-electron chi connectivity index (χ0n) is 15.2. The molecule has 0 saturated carbocycles. The maximum atomic E-state index is 12.5. The van der Waals surface area contributed by atoms with Crippen LogP contribution in [-0.2, 0) is 22.5 Å². The SMILES string of the molecule is COC(=O)C(N)Cc1ccccc1C1CNC(=O)N1c1ccc(CN)cc1. The highest BCUT2D eigenvalue weighted by atomic mass is 16.5. The highest BCUT2D eigenvalue weighted by molar-refractivity contribution is 5.95. The van der Waals surface area contributed by atoms with E-state index in [1.54, 1.807) is 4.90 Å². The van der Waals surface area contributed by atoms with Gasteiger partial charge in [-0.15, -0.1) is 0 Å². The van der Waals surface area contributed by atoms with Crippen molar-refractivity contribution >= 4 is 17.7 Å². The number of esters is 1. The maximum Gasteiger partial charge on any atom is 0.322 e. The van der Waals surface area contributed by atoms with Gasteiger partial charge < -0.3 is 21.5 Å². The van der Waals surface area contributed by atoms with E-state index in [4.69, 9.17) is 16.2 Å². The number of rotatable bonds is 6. The van der Waals surface area contributed by atoms with Crippen LogP contribution in [0.4, 0.5) is 10.5 Å². The van der Waals surface area contributed by atoms with Crippen molar-refractivity contribution in [2.75, 3.05) is 18.6 Å². The molecule has 0 radical (unpaired) electrons. The third kappa shape index (κ3) is 3.94. The number of hydrogen-bond donors (Lipinski definition) is 3. The summed E-state index contributed by atoms with van der Waals surface area (Å²) in [6.07, 6.45) is 0.341. The van der Waals surface area contributed by atoms with Crippen molar-refractivity contribution in [2.45, 2.75) is 25.0 Å². The van der Waals surface area contributed by atoms with E-state index in [0.29, 0.717) is 19.5 Å². The summed E-state index contributed by atoms with van der Waals surface area (Å²) >= 11 is 0. The minimum Gasteiger partial charge on any atom is -0.468 e. The number of nitrogens with zero attached hydrogens (tertiary/aromatic N) is 1. The van der Waals surface area contributed by atoms with Gasteiger partial charge in [0, 0.05) is 18.8 Å². The van der Waals surface area contributed by atoms with E-state index < -0.39 is 12.0 Å². The van der Waals surface area contributed by atoms with Crippen LogP contribution in [0.15, 0.2) is 48.5 Å². The second kappa shape index (κ2) is 8.20. The van der Waals surface area contributed by atoms with Gasteiger partial charge in [0.2, 0.25) is 0 Å². The molecule has 3 rings (SSSR count). The lowest BCUT2D eigenvalue weighted by Crippen LogP contribution is -2.35. The smallest absolute Gasteiger partial charge is 0.322 e. The second-order valence-corrected chi connectivity index (χ2v) is 6.48. The van der Waals surface area contributed by atoms with Crippen LogP contribution < -0.4 is 21.7 Å². The lowest BCUT2D eigenvalue weighted by Gasteiger charge is -2.26. The standard InChI is InChI=1S/C20H24N4O3/c1-27-19(25)17(22)10-14-4-2-3-5-16(14)18-12-23-20(26)24(18)15-8-6-13(11-21)7-9-15/h2-9,17-18H,10-12,21-22H2,1H3,(H,23,26). The molecule has 1 aliphatic heterocycles. The molecule has 2 atom stereocenters. The largest absolute Gasteiger partial charge is 0.468 e. The average Bonchev–Trinajstić information content (AvgIpc) is 3.09. The van der Waals surface area contributed by atoms with Crippen LogP contribution in [0, 0.1) is 0 Å². The quantitative estimate of drug-likeness (QED) is 0.669. The van der Waals surface area contributed by atoms with E-state index in [9.17, 15) is 9.59 Å². The fraction of sp³-hybridized carbons (Fsp3) is 0.300. The molecular formula is C20H24N4O3. The molecule has 2 amide bonds. The Morgan fingerprint density at radius 2 is 1.96 bits per heavy atom. The molecule has 0 aromatic heterocycles. The number of urea groups is 1. The molecule has 1 heterocycles. The molecule has 2 aromatic carbocycles. The predicted octanol–water partition coefficient (Wildman–Crippen LogP) is 1.46. The van der Waals surface area contributed by atoms with Crippen LogP contribution in [0.3, 0.4) is 0 Å². The zero-order valence-corrected chi connectivity index (χ0v) is 15.2. The summed E-state index contributed by atoms with van der Waals surface area (Å²) in [5, 5.41) is 2.90. The fourth-order valence-corrected chi connectivity index (χ4v) is 3.36. The summed E-state index contributed by atoms with van der Waals surface area (Å²) < 4.78 is 4.73. The van der Waals surface area contributed by atoms with Crippen LogP contribution in [-0.4, -0.2) is 31.7 Å². The summed E-state index contributed by atoms with van der Waals surface area (Å²) in [5.41, 5.74) is 15.3. The van der Waals surface area contributed by atoms with Gasteiger partial charge in [-0.3, -0.25) is 9.69 Å². The van der Waals surface area contributed by atoms with Crippen LogP contribution >= 0.6 is 0 Å². The van der Waals surface area contributed by atoms with Crippen molar-refractivity contribution in [1.82, 2.24) is 5.32 Å². The monoisotopic (exact) mass is 368 g/mol. The molecule has 2 aromatic rings. The van der Waals surface area contributed by atoms with Crippen LogP contribution in [0.1, 0.15) is 22.7 Å². The van der Waals surface area contributed by atoms with Gasteiger partial charge in [0.25, 0.3) is 0 Å². The van der Waals surface area contributed by atoms with Crippen molar-refractivity contribution in [3.05, 3.63) is 65.2 Å². The van der Waals surface area contributed by atoms with Gasteiger partial charge in [-0.1, -0.05) is 36.4 Å². The van der Waals surface area contributed by atoms with Crippen molar-refractivity contribution in [3.8, 4) is 0 Å². The molecule has 0 aliphatic carbocycles. The van der Waals surface area contributed by atoms with E-state index in [1.807, 2.05) is 48.5 Å². The number of benzene rings is 2. The van der Waals surface area contributed by atoms with Crippen molar-refractivity contribution in [2.24, 2.45) is 11.5 Å². The Kier molecular flexibility index (Phi) is 5.73. The number of carbonyl (C=O) groups is 2. The molecule has 7 nitrogen and oxygen atoms in total. The van der Waals surface area contributed by atoms with Crippen LogP contribution in [0.5, 0.6) is 0 Å². The first-order valence-electron chi connectivity index (χ1n) is 8.82. The number of nitrogens with two attached hydrogens (primary N) is 2. The molecule has 27 heavy (non-hydrogen) atoms. The summed E-state index contributed by atoms with van der Waals surface area (Å²) in [4.78, 5) is 25.9. The van der Waals surface area contributed by atoms with E-state index >= 15 is 0 Å². The number of carbonyl (C=O) groups excluding carboxylic acids is 2. The molecule has 0 spiro atoms. The lowest BCUT2D eigenvalue weighted by atomic mass is 9.95. The lowest BCUT2D eigenvalue weighted by molar-refractivity contribution is -0.142. The highest BCUT2D eigenvalue weighted by Gasteiger charge is 2.34. The van der Waals surface area contributed by atoms with Gasteiger partial charge in [-0.25, -0.2) is 4.79 Å². The van der Waals surface area contributed by atoms with Crippen molar-refractivity contribution in [3.63, 3.8) is 0 Å². The minimum absolute atomic E-state index is 0.160. The molecule has 142 valence electrons. The van der Waals surface area contributed by atoms with Gasteiger partial charge in [0.1, 0.15) is 6.04 Å². The van der Waals surface area contributed by atoms with E-state index in [0.717, 1.165) is 22.4 Å². The second-order valence-electron chi connectivity index (χ2n) is 6.48. The topological polar surface area (TPSA) is 111 Å². The molecular weight excluding hydrogens is 344 g/mol. The number of ether oxygens (including phenoxy) is 1. The third-order valence-corrected chi connectivity index (χ3v) is 4.79.